The van der Waals surface area contributed by atoms with Crippen molar-refractivity contribution in [2.45, 2.75) is 44.5 Å². The average Bonchev–Trinajstić information content (AvgIpc) is 2.78. The van der Waals surface area contributed by atoms with Gasteiger partial charge in [-0.1, -0.05) is 53.9 Å². The number of hydrogen-bond donors (Lipinski definition) is 0. The maximum absolute atomic E-state index is 4.89. The molecule has 30 heavy (non-hydrogen) atoms. The van der Waals surface area contributed by atoms with Crippen molar-refractivity contribution in [3.05, 3.63) is 59.4 Å². The Bertz CT molecular complexity index is 909. The van der Waals surface area contributed by atoms with Gasteiger partial charge in [-0.25, -0.2) is 19.9 Å². The molecular weight excluding hydrogens is 449 g/mol. The molecule has 1 aliphatic rings. The van der Waals surface area contributed by atoms with Crippen molar-refractivity contribution in [1.29, 1.82) is 0 Å². The predicted octanol–water partition coefficient (Wildman–Crippen LogP) is 6.21. The van der Waals surface area contributed by atoms with E-state index in [4.69, 9.17) is 9.97 Å². The van der Waals surface area contributed by atoms with Crippen molar-refractivity contribution in [1.82, 2.24) is 19.9 Å². The van der Waals surface area contributed by atoms with Gasteiger partial charge in [-0.3, -0.25) is 0 Å². The van der Waals surface area contributed by atoms with Gasteiger partial charge in [-0.05, 0) is 49.1 Å². The second-order valence-corrected chi connectivity index (χ2v) is 10.2. The van der Waals surface area contributed by atoms with Gasteiger partial charge in [0.1, 0.15) is 10.1 Å². The molecule has 0 saturated heterocycles. The van der Waals surface area contributed by atoms with E-state index in [1.165, 1.54) is 5.56 Å². The minimum Gasteiger partial charge on any atom is -0.227 e. The predicted molar refractivity (Wildman–Crippen MR) is 130 cm³/mol. The van der Waals surface area contributed by atoms with Crippen molar-refractivity contribution >= 4 is 47.0 Å². The van der Waals surface area contributed by atoms with Crippen LogP contribution in [0, 0.1) is 0 Å². The van der Waals surface area contributed by atoms with Crippen LogP contribution in [0.3, 0.4) is 0 Å². The van der Waals surface area contributed by atoms with E-state index in [-0.39, 0.29) is 0 Å². The second kappa shape index (κ2) is 9.94. The van der Waals surface area contributed by atoms with E-state index in [0.29, 0.717) is 17.8 Å². The van der Waals surface area contributed by atoms with E-state index in [2.05, 4.69) is 64.9 Å². The Morgan fingerprint density at radius 2 is 1.17 bits per heavy atom. The van der Waals surface area contributed by atoms with Gasteiger partial charge < -0.3 is 0 Å². The minimum atomic E-state index is 0.352. The molecule has 1 aliphatic carbocycles. The highest BCUT2D eigenvalue weighted by atomic mass is 32.2. The Hall–Kier alpha value is -1.22. The Balaban J connectivity index is 1.75. The molecule has 1 fully saturated rings. The smallest absolute Gasteiger partial charge is 0.188 e. The summed E-state index contributed by atoms with van der Waals surface area (Å²) in [7, 11) is 0. The quantitative estimate of drug-likeness (QED) is 0.228. The highest BCUT2D eigenvalue weighted by Crippen LogP contribution is 2.58. The van der Waals surface area contributed by atoms with E-state index in [1.807, 2.05) is 12.5 Å². The van der Waals surface area contributed by atoms with E-state index in [1.54, 1.807) is 47.0 Å². The fraction of sp³-hybridized carbons (Fsp3) is 0.364. The SMILES string of the molecule is CSc1cc(C2CC(c3cc(SC)nc(SC)n3)C2c2ccccc2)nc(SC)n1. The molecule has 156 valence electrons. The third kappa shape index (κ3) is 4.52. The molecule has 3 aromatic rings. The number of thioether (sulfide) groups is 4. The van der Waals surface area contributed by atoms with Crippen LogP contribution in [0.2, 0.25) is 0 Å². The van der Waals surface area contributed by atoms with Crippen LogP contribution in [-0.2, 0) is 0 Å². The fourth-order valence-corrected chi connectivity index (χ4v) is 5.73. The molecule has 2 atom stereocenters. The zero-order valence-electron chi connectivity index (χ0n) is 17.4. The lowest BCUT2D eigenvalue weighted by Gasteiger charge is -2.45. The van der Waals surface area contributed by atoms with Crippen molar-refractivity contribution in [2.75, 3.05) is 25.0 Å². The minimum absolute atomic E-state index is 0.352. The van der Waals surface area contributed by atoms with Crippen LogP contribution in [0.5, 0.6) is 0 Å². The summed E-state index contributed by atoms with van der Waals surface area (Å²) in [5.74, 6) is 1.08. The van der Waals surface area contributed by atoms with Gasteiger partial charge in [0.15, 0.2) is 10.3 Å². The summed E-state index contributed by atoms with van der Waals surface area (Å²) in [5, 5.41) is 3.78. The van der Waals surface area contributed by atoms with Crippen molar-refractivity contribution in [2.24, 2.45) is 0 Å². The molecule has 1 saturated carbocycles. The summed E-state index contributed by atoms with van der Waals surface area (Å²) < 4.78 is 0. The van der Waals surface area contributed by atoms with Crippen LogP contribution in [0.4, 0.5) is 0 Å². The first-order chi connectivity index (χ1) is 14.7. The molecule has 2 aromatic heterocycles. The molecule has 0 radical (unpaired) electrons. The maximum Gasteiger partial charge on any atom is 0.188 e. The summed E-state index contributed by atoms with van der Waals surface area (Å²) >= 11 is 6.57. The largest absolute Gasteiger partial charge is 0.227 e. The standard InChI is InChI=1S/C22H24N4S4/c1-27-18-11-16(23-21(25-18)29-3)14-10-15(20(14)13-8-6-5-7-9-13)17-12-19(28-2)26-22(24-17)30-4/h5-9,11-12,14-15,20H,10H2,1-4H3. The van der Waals surface area contributed by atoms with Crippen molar-refractivity contribution < 1.29 is 0 Å². The van der Waals surface area contributed by atoms with Gasteiger partial charge in [0.2, 0.25) is 0 Å². The molecule has 4 nitrogen and oxygen atoms in total. The zero-order chi connectivity index (χ0) is 21.1. The van der Waals surface area contributed by atoms with Crippen LogP contribution in [0.1, 0.15) is 41.1 Å². The Labute approximate surface area is 195 Å². The average molecular weight is 473 g/mol. The topological polar surface area (TPSA) is 51.6 Å². The first-order valence-electron chi connectivity index (χ1n) is 9.65. The lowest BCUT2D eigenvalue weighted by atomic mass is 9.59. The van der Waals surface area contributed by atoms with Gasteiger partial charge in [0, 0.05) is 29.1 Å². The fourth-order valence-electron chi connectivity index (χ4n) is 4.01. The van der Waals surface area contributed by atoms with E-state index in [9.17, 15) is 0 Å². The normalized spacial score (nSPS) is 20.7. The Morgan fingerprint density at radius 3 is 1.60 bits per heavy atom. The van der Waals surface area contributed by atoms with Gasteiger partial charge >= 0.3 is 0 Å². The lowest BCUT2D eigenvalue weighted by molar-refractivity contribution is 0.271. The number of nitrogens with zero attached hydrogens (tertiary/aromatic N) is 4. The maximum atomic E-state index is 4.89. The van der Waals surface area contributed by atoms with Crippen LogP contribution < -0.4 is 0 Å². The van der Waals surface area contributed by atoms with Gasteiger partial charge in [-0.2, -0.15) is 0 Å². The molecule has 0 bridgehead atoms. The third-order valence-electron chi connectivity index (χ3n) is 5.51. The Kier molecular flexibility index (Phi) is 7.28. The Morgan fingerprint density at radius 1 is 0.667 bits per heavy atom. The summed E-state index contributed by atoms with van der Waals surface area (Å²) in [6.45, 7) is 0. The van der Waals surface area contributed by atoms with E-state index < -0.39 is 0 Å². The molecule has 0 amide bonds. The number of aromatic nitrogens is 4. The number of rotatable bonds is 7. The van der Waals surface area contributed by atoms with E-state index in [0.717, 1.165) is 38.2 Å². The monoisotopic (exact) mass is 472 g/mol. The first-order valence-corrected chi connectivity index (χ1v) is 14.6. The van der Waals surface area contributed by atoms with Crippen molar-refractivity contribution in [3.8, 4) is 0 Å². The van der Waals surface area contributed by atoms with Crippen LogP contribution in [-0.4, -0.2) is 45.0 Å². The summed E-state index contributed by atoms with van der Waals surface area (Å²) in [4.78, 5) is 19.0. The number of benzene rings is 1. The van der Waals surface area contributed by atoms with Crippen molar-refractivity contribution in [3.63, 3.8) is 0 Å². The summed E-state index contributed by atoms with van der Waals surface area (Å²) in [6, 6.07) is 15.1. The van der Waals surface area contributed by atoms with Gasteiger partial charge in [-0.15, -0.1) is 23.5 Å². The lowest BCUT2D eigenvalue weighted by Crippen LogP contribution is -2.33. The molecule has 4 rings (SSSR count). The molecule has 2 unspecified atom stereocenters. The molecule has 0 spiro atoms. The molecule has 1 aromatic carbocycles. The summed E-state index contributed by atoms with van der Waals surface area (Å²) in [5.41, 5.74) is 3.64. The second-order valence-electron chi connectivity index (χ2n) is 7.03. The van der Waals surface area contributed by atoms with Gasteiger partial charge in [0.25, 0.3) is 0 Å². The third-order valence-corrected chi connectivity index (χ3v) is 7.86. The molecule has 2 heterocycles. The molecular formula is C22H24N4S4. The van der Waals surface area contributed by atoms with Gasteiger partial charge in [0.05, 0.1) is 0 Å². The molecule has 8 heteroatoms. The molecule has 0 N–H and O–H groups in total. The summed E-state index contributed by atoms with van der Waals surface area (Å²) in [6.07, 6.45) is 9.26. The van der Waals surface area contributed by atoms with Crippen LogP contribution >= 0.6 is 47.0 Å². The van der Waals surface area contributed by atoms with Crippen LogP contribution in [0.25, 0.3) is 0 Å². The highest BCUT2D eigenvalue weighted by Gasteiger charge is 2.45. The number of hydrogen-bond acceptors (Lipinski definition) is 8. The van der Waals surface area contributed by atoms with E-state index >= 15 is 0 Å². The first kappa shape index (κ1) is 22.0. The molecule has 0 aliphatic heterocycles. The zero-order valence-corrected chi connectivity index (χ0v) is 20.7. The highest BCUT2D eigenvalue weighted by molar-refractivity contribution is 7.99. The van der Waals surface area contributed by atoms with Crippen LogP contribution in [0.15, 0.2) is 62.8 Å².